The van der Waals surface area contributed by atoms with Crippen LogP contribution in [0.4, 0.5) is 4.79 Å². The van der Waals surface area contributed by atoms with E-state index in [0.717, 1.165) is 19.3 Å². The van der Waals surface area contributed by atoms with Crippen molar-refractivity contribution in [1.29, 1.82) is 0 Å². The molecule has 1 atom stereocenters. The first-order valence-corrected chi connectivity index (χ1v) is 7.73. The number of carboxylic acid groups (broad SMARTS) is 1. The lowest BCUT2D eigenvalue weighted by Crippen LogP contribution is -2.53. The van der Waals surface area contributed by atoms with Crippen molar-refractivity contribution in [1.82, 2.24) is 10.6 Å². The second kappa shape index (κ2) is 7.59. The standard InChI is InChI=1S/C12H22N2O4S/c1-18-12(5-3-6-12)8-13-11(17)14-9(10(15)16)4-7-19-2/h9H,3-8H2,1-2H3,(H,15,16)(H2,13,14,17)/t9-/m1/s1. The maximum absolute atomic E-state index is 11.7. The number of aliphatic carboxylic acids is 1. The third-order valence-electron chi connectivity index (χ3n) is 3.48. The first kappa shape index (κ1) is 16.1. The number of amides is 2. The van der Waals surface area contributed by atoms with Crippen molar-refractivity contribution in [2.75, 3.05) is 25.7 Å². The van der Waals surface area contributed by atoms with E-state index in [0.29, 0.717) is 18.7 Å². The van der Waals surface area contributed by atoms with Gasteiger partial charge in [-0.1, -0.05) is 0 Å². The second-order valence-electron chi connectivity index (χ2n) is 4.74. The SMILES string of the molecule is COC1(CNC(=O)N[C@H](CCSC)C(=O)O)CCC1. The highest BCUT2D eigenvalue weighted by atomic mass is 32.2. The predicted octanol–water partition coefficient (Wildman–Crippen LogP) is 1.06. The summed E-state index contributed by atoms with van der Waals surface area (Å²) in [6.45, 7) is 0.421. The van der Waals surface area contributed by atoms with Gasteiger partial charge in [0.2, 0.25) is 0 Å². The lowest BCUT2D eigenvalue weighted by atomic mass is 9.80. The Hall–Kier alpha value is -0.950. The Morgan fingerprint density at radius 1 is 1.47 bits per heavy atom. The van der Waals surface area contributed by atoms with Gasteiger partial charge in [0.25, 0.3) is 0 Å². The number of ether oxygens (including phenoxy) is 1. The van der Waals surface area contributed by atoms with E-state index in [-0.39, 0.29) is 5.60 Å². The molecule has 0 unspecified atom stereocenters. The summed E-state index contributed by atoms with van der Waals surface area (Å²) < 4.78 is 5.38. The van der Waals surface area contributed by atoms with Crippen LogP contribution in [0.5, 0.6) is 0 Å². The Morgan fingerprint density at radius 3 is 2.58 bits per heavy atom. The van der Waals surface area contributed by atoms with E-state index in [1.165, 1.54) is 0 Å². The summed E-state index contributed by atoms with van der Waals surface area (Å²) in [7, 11) is 1.64. The van der Waals surface area contributed by atoms with Crippen LogP contribution in [0.1, 0.15) is 25.7 Å². The number of methoxy groups -OCH3 is 1. The third-order valence-corrected chi connectivity index (χ3v) is 4.13. The van der Waals surface area contributed by atoms with Crippen LogP contribution in [0.15, 0.2) is 0 Å². The predicted molar refractivity (Wildman–Crippen MR) is 74.5 cm³/mol. The summed E-state index contributed by atoms with van der Waals surface area (Å²) in [6.07, 6.45) is 5.27. The minimum absolute atomic E-state index is 0.255. The number of urea groups is 1. The molecule has 0 aromatic heterocycles. The summed E-state index contributed by atoms with van der Waals surface area (Å²) >= 11 is 1.55. The molecule has 0 saturated heterocycles. The second-order valence-corrected chi connectivity index (χ2v) is 5.73. The van der Waals surface area contributed by atoms with E-state index in [4.69, 9.17) is 9.84 Å². The zero-order chi connectivity index (χ0) is 14.3. The van der Waals surface area contributed by atoms with E-state index in [9.17, 15) is 9.59 Å². The Labute approximate surface area is 117 Å². The topological polar surface area (TPSA) is 87.7 Å². The van der Waals surface area contributed by atoms with Gasteiger partial charge in [-0.25, -0.2) is 9.59 Å². The number of rotatable bonds is 8. The molecule has 0 radical (unpaired) electrons. The van der Waals surface area contributed by atoms with E-state index in [1.807, 2.05) is 6.26 Å². The molecule has 19 heavy (non-hydrogen) atoms. The normalized spacial score (nSPS) is 18.2. The van der Waals surface area contributed by atoms with Crippen LogP contribution in [0, 0.1) is 0 Å². The molecule has 1 fully saturated rings. The fourth-order valence-electron chi connectivity index (χ4n) is 1.97. The molecule has 110 valence electrons. The highest BCUT2D eigenvalue weighted by molar-refractivity contribution is 7.98. The molecule has 0 aromatic carbocycles. The number of nitrogens with one attached hydrogen (secondary N) is 2. The molecule has 6 nitrogen and oxygen atoms in total. The summed E-state index contributed by atoms with van der Waals surface area (Å²) in [5.74, 6) is -0.312. The van der Waals surface area contributed by atoms with Gasteiger partial charge in [-0.2, -0.15) is 11.8 Å². The molecule has 0 spiro atoms. The van der Waals surface area contributed by atoms with Crippen LogP contribution in [0.3, 0.4) is 0 Å². The molecule has 1 saturated carbocycles. The number of carbonyl (C=O) groups excluding carboxylic acids is 1. The van der Waals surface area contributed by atoms with Crippen molar-refractivity contribution >= 4 is 23.8 Å². The molecule has 7 heteroatoms. The number of carbonyl (C=O) groups is 2. The van der Waals surface area contributed by atoms with Crippen LogP contribution in [0.25, 0.3) is 0 Å². The van der Waals surface area contributed by atoms with Crippen molar-refractivity contribution in [3.8, 4) is 0 Å². The quantitative estimate of drug-likeness (QED) is 0.622. The molecular weight excluding hydrogens is 268 g/mol. The first-order chi connectivity index (χ1) is 9.03. The summed E-state index contributed by atoms with van der Waals surface area (Å²) in [5, 5.41) is 14.2. The molecule has 1 rings (SSSR count). The zero-order valence-electron chi connectivity index (χ0n) is 11.4. The minimum atomic E-state index is -1.01. The zero-order valence-corrected chi connectivity index (χ0v) is 12.2. The molecule has 0 aromatic rings. The fraction of sp³-hybridized carbons (Fsp3) is 0.833. The van der Waals surface area contributed by atoms with Gasteiger partial charge in [0.05, 0.1) is 5.60 Å². The fourth-order valence-corrected chi connectivity index (χ4v) is 2.44. The van der Waals surface area contributed by atoms with Crippen molar-refractivity contribution in [3.63, 3.8) is 0 Å². The van der Waals surface area contributed by atoms with Crippen LogP contribution in [-0.4, -0.2) is 54.4 Å². The molecule has 1 aliphatic carbocycles. The lowest BCUT2D eigenvalue weighted by Gasteiger charge is -2.40. The van der Waals surface area contributed by atoms with E-state index in [2.05, 4.69) is 10.6 Å². The van der Waals surface area contributed by atoms with Gasteiger partial charge in [-0.05, 0) is 37.7 Å². The van der Waals surface area contributed by atoms with Crippen LogP contribution in [-0.2, 0) is 9.53 Å². The van der Waals surface area contributed by atoms with E-state index in [1.54, 1.807) is 18.9 Å². The third kappa shape index (κ3) is 4.91. The Kier molecular flexibility index (Phi) is 6.44. The van der Waals surface area contributed by atoms with E-state index < -0.39 is 18.0 Å². The molecule has 0 aliphatic heterocycles. The Morgan fingerprint density at radius 2 is 2.16 bits per heavy atom. The first-order valence-electron chi connectivity index (χ1n) is 6.34. The van der Waals surface area contributed by atoms with Gasteiger partial charge in [-0.3, -0.25) is 0 Å². The van der Waals surface area contributed by atoms with Crippen molar-refractivity contribution in [3.05, 3.63) is 0 Å². The number of hydrogen-bond acceptors (Lipinski definition) is 4. The van der Waals surface area contributed by atoms with Crippen LogP contribution < -0.4 is 10.6 Å². The van der Waals surface area contributed by atoms with Gasteiger partial charge < -0.3 is 20.5 Å². The van der Waals surface area contributed by atoms with Crippen LogP contribution >= 0.6 is 11.8 Å². The minimum Gasteiger partial charge on any atom is -0.480 e. The maximum Gasteiger partial charge on any atom is 0.326 e. The van der Waals surface area contributed by atoms with Gasteiger partial charge >= 0.3 is 12.0 Å². The van der Waals surface area contributed by atoms with Gasteiger partial charge in [0, 0.05) is 13.7 Å². The average Bonchev–Trinajstić information content (AvgIpc) is 2.33. The summed E-state index contributed by atoms with van der Waals surface area (Å²) in [5.41, 5.74) is -0.255. The van der Waals surface area contributed by atoms with Crippen molar-refractivity contribution < 1.29 is 19.4 Å². The average molecular weight is 290 g/mol. The lowest BCUT2D eigenvalue weighted by molar-refractivity contribution is -0.139. The molecule has 3 N–H and O–H groups in total. The Bertz CT molecular complexity index is 315. The highest BCUT2D eigenvalue weighted by Crippen LogP contribution is 2.34. The highest BCUT2D eigenvalue weighted by Gasteiger charge is 2.37. The summed E-state index contributed by atoms with van der Waals surface area (Å²) in [4.78, 5) is 22.7. The molecule has 0 bridgehead atoms. The largest absolute Gasteiger partial charge is 0.480 e. The van der Waals surface area contributed by atoms with Crippen LogP contribution in [0.2, 0.25) is 0 Å². The van der Waals surface area contributed by atoms with Gasteiger partial charge in [0.1, 0.15) is 6.04 Å². The van der Waals surface area contributed by atoms with Crippen molar-refractivity contribution in [2.45, 2.75) is 37.3 Å². The summed E-state index contributed by atoms with van der Waals surface area (Å²) in [6, 6.07) is -1.29. The number of carboxylic acids is 1. The van der Waals surface area contributed by atoms with Gasteiger partial charge in [0.15, 0.2) is 0 Å². The number of thioether (sulfide) groups is 1. The smallest absolute Gasteiger partial charge is 0.326 e. The molecule has 2 amide bonds. The number of hydrogen-bond donors (Lipinski definition) is 3. The molecule has 1 aliphatic rings. The van der Waals surface area contributed by atoms with E-state index >= 15 is 0 Å². The van der Waals surface area contributed by atoms with Crippen molar-refractivity contribution in [2.24, 2.45) is 0 Å². The Balaban J connectivity index is 2.33. The maximum atomic E-state index is 11.7. The monoisotopic (exact) mass is 290 g/mol. The molecule has 0 heterocycles. The van der Waals surface area contributed by atoms with Gasteiger partial charge in [-0.15, -0.1) is 0 Å². The molecular formula is C12H22N2O4S.